The average molecular weight is 284 g/mol. The van der Waals surface area contributed by atoms with Crippen LogP contribution in [0.25, 0.3) is 16.7 Å². The van der Waals surface area contributed by atoms with Gasteiger partial charge in [0.1, 0.15) is 5.82 Å². The fourth-order valence-corrected chi connectivity index (χ4v) is 1.94. The van der Waals surface area contributed by atoms with Gasteiger partial charge in [0.05, 0.1) is 0 Å². The van der Waals surface area contributed by atoms with Crippen LogP contribution in [-0.4, -0.2) is 17.3 Å². The molecule has 3 nitrogen and oxygen atoms in total. The lowest BCUT2D eigenvalue weighted by Crippen LogP contribution is -2.16. The summed E-state index contributed by atoms with van der Waals surface area (Å²) >= 11 is 0. The van der Waals surface area contributed by atoms with Crippen LogP contribution in [0.1, 0.15) is 19.4 Å². The number of nitrogens with one attached hydrogen (secondary N) is 1. The predicted molar refractivity (Wildman–Crippen MR) is 81.9 cm³/mol. The summed E-state index contributed by atoms with van der Waals surface area (Å²) in [5.74, 6) is -0.290. The number of carbonyl (C=O) groups is 1. The van der Waals surface area contributed by atoms with E-state index in [2.05, 4.69) is 10.3 Å². The van der Waals surface area contributed by atoms with Gasteiger partial charge in [-0.2, -0.15) is 0 Å². The second-order valence-electron chi connectivity index (χ2n) is 4.97. The van der Waals surface area contributed by atoms with E-state index < -0.39 is 0 Å². The van der Waals surface area contributed by atoms with Crippen molar-refractivity contribution in [3.8, 4) is 11.1 Å². The van der Waals surface area contributed by atoms with Gasteiger partial charge in [-0.15, -0.1) is 0 Å². The Morgan fingerprint density at radius 3 is 2.57 bits per heavy atom. The van der Waals surface area contributed by atoms with E-state index in [1.54, 1.807) is 30.7 Å². The number of pyridine rings is 1. The third kappa shape index (κ3) is 3.75. The highest BCUT2D eigenvalue weighted by Crippen LogP contribution is 2.27. The zero-order valence-corrected chi connectivity index (χ0v) is 12.0. The Bertz CT molecular complexity index is 648. The molecule has 0 aliphatic heterocycles. The van der Waals surface area contributed by atoms with Crippen LogP contribution in [-0.2, 0) is 4.79 Å². The van der Waals surface area contributed by atoms with Crippen molar-refractivity contribution in [2.45, 2.75) is 19.9 Å². The van der Waals surface area contributed by atoms with Crippen molar-refractivity contribution in [1.82, 2.24) is 10.3 Å². The van der Waals surface area contributed by atoms with Crippen molar-refractivity contribution >= 4 is 11.9 Å². The quantitative estimate of drug-likeness (QED) is 0.675. The number of rotatable bonds is 5. The van der Waals surface area contributed by atoms with Crippen molar-refractivity contribution in [3.63, 3.8) is 0 Å². The molecule has 1 aromatic carbocycles. The smallest absolute Gasteiger partial charge is 0.152 e. The standard InChI is InChI=1S/C17H17FN2O/c1-12(2)20-9-14(11-21)17-10-19-8-7-16(17)13-3-5-15(18)6-4-13/h3-12,20H,1-2H3/b14-9-. The van der Waals surface area contributed by atoms with E-state index in [-0.39, 0.29) is 11.9 Å². The SMILES string of the molecule is CC(C)N/C=C(/C=O)c1cnccc1-c1ccc(F)cc1. The lowest BCUT2D eigenvalue weighted by atomic mass is 9.97. The monoisotopic (exact) mass is 284 g/mol. The maximum absolute atomic E-state index is 13.0. The Kier molecular flexibility index (Phi) is 4.82. The molecule has 1 heterocycles. The van der Waals surface area contributed by atoms with Crippen molar-refractivity contribution in [1.29, 1.82) is 0 Å². The number of hydrogen-bond acceptors (Lipinski definition) is 3. The molecule has 108 valence electrons. The zero-order chi connectivity index (χ0) is 15.2. The molecule has 0 saturated heterocycles. The minimum Gasteiger partial charge on any atom is -0.388 e. The van der Waals surface area contributed by atoms with Gasteiger partial charge in [-0.05, 0) is 43.2 Å². The van der Waals surface area contributed by atoms with Crippen molar-refractivity contribution < 1.29 is 9.18 Å². The molecular formula is C17H17FN2O. The second kappa shape index (κ2) is 6.79. The van der Waals surface area contributed by atoms with Gasteiger partial charge in [0.25, 0.3) is 0 Å². The van der Waals surface area contributed by atoms with Gasteiger partial charge in [-0.25, -0.2) is 4.39 Å². The molecule has 0 radical (unpaired) electrons. The van der Waals surface area contributed by atoms with Crippen LogP contribution in [0.15, 0.2) is 48.9 Å². The first-order valence-electron chi connectivity index (χ1n) is 6.73. The summed E-state index contributed by atoms with van der Waals surface area (Å²) in [6, 6.07) is 8.21. The molecule has 4 heteroatoms. The molecule has 0 aliphatic carbocycles. The normalized spacial score (nSPS) is 11.5. The van der Waals surface area contributed by atoms with Crippen molar-refractivity contribution in [2.75, 3.05) is 0 Å². The number of carbonyl (C=O) groups excluding carboxylic acids is 1. The molecule has 0 bridgehead atoms. The Balaban J connectivity index is 2.47. The van der Waals surface area contributed by atoms with Crippen LogP contribution >= 0.6 is 0 Å². The van der Waals surface area contributed by atoms with E-state index in [0.29, 0.717) is 11.1 Å². The molecule has 0 unspecified atom stereocenters. The zero-order valence-electron chi connectivity index (χ0n) is 12.0. The van der Waals surface area contributed by atoms with E-state index in [1.165, 1.54) is 12.1 Å². The van der Waals surface area contributed by atoms with Gasteiger partial charge < -0.3 is 5.32 Å². The summed E-state index contributed by atoms with van der Waals surface area (Å²) in [4.78, 5) is 15.4. The van der Waals surface area contributed by atoms with E-state index >= 15 is 0 Å². The molecule has 0 spiro atoms. The molecule has 0 atom stereocenters. The van der Waals surface area contributed by atoms with Crippen LogP contribution in [0.2, 0.25) is 0 Å². The third-order valence-electron chi connectivity index (χ3n) is 2.99. The fraction of sp³-hybridized carbons (Fsp3) is 0.176. The Morgan fingerprint density at radius 2 is 1.95 bits per heavy atom. The highest BCUT2D eigenvalue weighted by molar-refractivity contribution is 6.09. The third-order valence-corrected chi connectivity index (χ3v) is 2.99. The number of aldehydes is 1. The molecule has 21 heavy (non-hydrogen) atoms. The maximum atomic E-state index is 13.0. The van der Waals surface area contributed by atoms with E-state index in [1.807, 2.05) is 19.9 Å². The van der Waals surface area contributed by atoms with Crippen molar-refractivity contribution in [3.05, 3.63) is 60.3 Å². The second-order valence-corrected chi connectivity index (χ2v) is 4.97. The first kappa shape index (κ1) is 14.9. The molecule has 1 N–H and O–H groups in total. The largest absolute Gasteiger partial charge is 0.388 e. The molecule has 0 fully saturated rings. The van der Waals surface area contributed by atoms with E-state index in [9.17, 15) is 9.18 Å². The van der Waals surface area contributed by atoms with Gasteiger partial charge in [0.2, 0.25) is 0 Å². The number of aromatic nitrogens is 1. The maximum Gasteiger partial charge on any atom is 0.152 e. The van der Waals surface area contributed by atoms with Crippen LogP contribution in [0.3, 0.4) is 0 Å². The number of allylic oxidation sites excluding steroid dienone is 1. The van der Waals surface area contributed by atoms with E-state index in [0.717, 1.165) is 17.4 Å². The Morgan fingerprint density at radius 1 is 1.24 bits per heavy atom. The van der Waals surface area contributed by atoms with E-state index in [4.69, 9.17) is 0 Å². The molecule has 1 aromatic heterocycles. The van der Waals surface area contributed by atoms with Crippen LogP contribution < -0.4 is 5.32 Å². The highest BCUT2D eigenvalue weighted by atomic mass is 19.1. The predicted octanol–water partition coefficient (Wildman–Crippen LogP) is 3.43. The van der Waals surface area contributed by atoms with Gasteiger partial charge in [-0.3, -0.25) is 9.78 Å². The molecule has 2 rings (SSSR count). The number of halogens is 1. The minimum atomic E-state index is -0.290. The molecule has 0 saturated carbocycles. The molecule has 0 aliphatic rings. The fourth-order valence-electron chi connectivity index (χ4n) is 1.94. The summed E-state index contributed by atoms with van der Waals surface area (Å²) in [5, 5.41) is 3.10. The Hall–Kier alpha value is -2.49. The summed E-state index contributed by atoms with van der Waals surface area (Å²) in [7, 11) is 0. The van der Waals surface area contributed by atoms with Crippen LogP contribution in [0, 0.1) is 5.82 Å². The summed E-state index contributed by atoms with van der Waals surface area (Å²) in [5.41, 5.74) is 2.91. The van der Waals surface area contributed by atoms with Crippen LogP contribution in [0.4, 0.5) is 4.39 Å². The number of benzene rings is 1. The van der Waals surface area contributed by atoms with Gasteiger partial charge in [0, 0.05) is 35.8 Å². The van der Waals surface area contributed by atoms with Gasteiger partial charge in [-0.1, -0.05) is 12.1 Å². The Labute approximate surface area is 123 Å². The molecular weight excluding hydrogens is 267 g/mol. The van der Waals surface area contributed by atoms with Gasteiger partial charge in [0.15, 0.2) is 6.29 Å². The average Bonchev–Trinajstić information content (AvgIpc) is 2.49. The van der Waals surface area contributed by atoms with Crippen LogP contribution in [0.5, 0.6) is 0 Å². The summed E-state index contributed by atoms with van der Waals surface area (Å²) < 4.78 is 13.0. The summed E-state index contributed by atoms with van der Waals surface area (Å²) in [6.45, 7) is 3.98. The van der Waals surface area contributed by atoms with Gasteiger partial charge >= 0.3 is 0 Å². The topological polar surface area (TPSA) is 42.0 Å². The van der Waals surface area contributed by atoms with Crippen molar-refractivity contribution in [2.24, 2.45) is 0 Å². The first-order valence-corrected chi connectivity index (χ1v) is 6.73. The molecule has 0 amide bonds. The number of nitrogens with zero attached hydrogens (tertiary/aromatic N) is 1. The minimum absolute atomic E-state index is 0.228. The molecule has 2 aromatic rings. The highest BCUT2D eigenvalue weighted by Gasteiger charge is 2.09. The lowest BCUT2D eigenvalue weighted by molar-refractivity contribution is -0.103. The summed E-state index contributed by atoms with van der Waals surface area (Å²) in [6.07, 6.45) is 5.77. The first-order chi connectivity index (χ1) is 10.1. The lowest BCUT2D eigenvalue weighted by Gasteiger charge is -2.11. The number of hydrogen-bond donors (Lipinski definition) is 1.